The number of nitrogens with zero attached hydrogens (tertiary/aromatic N) is 4. The maximum absolute atomic E-state index is 4.52. The second-order valence-corrected chi connectivity index (χ2v) is 6.01. The molecule has 21 heavy (non-hydrogen) atoms. The van der Waals surface area contributed by atoms with Gasteiger partial charge in [-0.2, -0.15) is 5.10 Å². The van der Waals surface area contributed by atoms with Gasteiger partial charge in [-0.3, -0.25) is 4.68 Å². The van der Waals surface area contributed by atoms with E-state index in [-0.39, 0.29) is 0 Å². The molecule has 0 radical (unpaired) electrons. The fraction of sp³-hybridized carbons (Fsp3) is 0.625. The van der Waals surface area contributed by atoms with E-state index >= 15 is 0 Å². The molecule has 0 spiro atoms. The molecule has 0 atom stereocenters. The van der Waals surface area contributed by atoms with Gasteiger partial charge in [-0.25, -0.2) is 4.98 Å². The number of hydrogen-bond acceptors (Lipinski definition) is 3. The maximum atomic E-state index is 4.52. The largest absolute Gasteiger partial charge is 0.325 e. The van der Waals surface area contributed by atoms with Gasteiger partial charge in [-0.05, 0) is 31.9 Å². The van der Waals surface area contributed by atoms with Crippen LogP contribution in [-0.2, 0) is 26.6 Å². The van der Waals surface area contributed by atoms with E-state index in [2.05, 4.69) is 53.7 Å². The summed E-state index contributed by atoms with van der Waals surface area (Å²) in [6, 6.07) is 2.19. The number of nitrogens with one attached hydrogen (secondary N) is 1. The normalized spacial score (nSPS) is 11.5. The van der Waals surface area contributed by atoms with Crippen LogP contribution in [0.4, 0.5) is 0 Å². The molecule has 0 fully saturated rings. The van der Waals surface area contributed by atoms with Crippen LogP contribution in [0.15, 0.2) is 12.3 Å². The maximum Gasteiger partial charge on any atom is 0.106 e. The Kier molecular flexibility index (Phi) is 5.17. The van der Waals surface area contributed by atoms with E-state index in [4.69, 9.17) is 0 Å². The van der Waals surface area contributed by atoms with Crippen LogP contribution in [0.3, 0.4) is 0 Å². The lowest BCUT2D eigenvalue weighted by Crippen LogP contribution is -2.21. The molecule has 2 aromatic rings. The zero-order chi connectivity index (χ0) is 15.4. The Balaban J connectivity index is 2.11. The molecule has 5 nitrogen and oxygen atoms in total. The lowest BCUT2D eigenvalue weighted by molar-refractivity contribution is 0.534. The number of imidazole rings is 1. The second-order valence-electron chi connectivity index (χ2n) is 6.01. The predicted octanol–water partition coefficient (Wildman–Crippen LogP) is 2.28. The standard InChI is InChI=1S/C16H27N5/c1-6-14-7-15(20(5)19-14)11-21-13(4)18-10-16(21)9-17-8-12(2)3/h7,10,12,17H,6,8-9,11H2,1-5H3. The molecule has 0 unspecified atom stereocenters. The van der Waals surface area contributed by atoms with Gasteiger partial charge in [0.2, 0.25) is 0 Å². The molecule has 0 aliphatic carbocycles. The summed E-state index contributed by atoms with van der Waals surface area (Å²) in [5.41, 5.74) is 3.59. The van der Waals surface area contributed by atoms with E-state index in [1.807, 2.05) is 17.9 Å². The topological polar surface area (TPSA) is 47.7 Å². The Labute approximate surface area is 127 Å². The molecule has 0 saturated heterocycles. The van der Waals surface area contributed by atoms with Crippen LogP contribution >= 0.6 is 0 Å². The van der Waals surface area contributed by atoms with E-state index in [1.165, 1.54) is 11.4 Å². The summed E-state index contributed by atoms with van der Waals surface area (Å²) in [6.45, 7) is 11.3. The van der Waals surface area contributed by atoms with Crippen LogP contribution in [0.1, 0.15) is 43.7 Å². The van der Waals surface area contributed by atoms with E-state index in [9.17, 15) is 0 Å². The third kappa shape index (κ3) is 3.94. The first-order valence-electron chi connectivity index (χ1n) is 7.74. The summed E-state index contributed by atoms with van der Waals surface area (Å²) >= 11 is 0. The van der Waals surface area contributed by atoms with Crippen LogP contribution in [0.5, 0.6) is 0 Å². The highest BCUT2D eigenvalue weighted by molar-refractivity contribution is 5.14. The highest BCUT2D eigenvalue weighted by Gasteiger charge is 2.10. The van der Waals surface area contributed by atoms with Crippen LogP contribution < -0.4 is 5.32 Å². The first-order valence-corrected chi connectivity index (χ1v) is 7.74. The zero-order valence-electron chi connectivity index (χ0n) is 13.8. The van der Waals surface area contributed by atoms with Crippen molar-refractivity contribution in [2.45, 2.75) is 47.2 Å². The molecule has 2 aromatic heterocycles. The molecule has 1 N–H and O–H groups in total. The van der Waals surface area contributed by atoms with E-state index in [1.54, 1.807) is 0 Å². The molecular weight excluding hydrogens is 262 g/mol. The molecule has 0 saturated carbocycles. The second kappa shape index (κ2) is 6.89. The van der Waals surface area contributed by atoms with Gasteiger partial charge in [0.15, 0.2) is 0 Å². The number of hydrogen-bond donors (Lipinski definition) is 1. The van der Waals surface area contributed by atoms with E-state index in [0.29, 0.717) is 5.92 Å². The first kappa shape index (κ1) is 15.8. The Morgan fingerprint density at radius 2 is 2.05 bits per heavy atom. The Morgan fingerprint density at radius 3 is 2.67 bits per heavy atom. The molecule has 0 aromatic carbocycles. The molecule has 0 aliphatic heterocycles. The highest BCUT2D eigenvalue weighted by Crippen LogP contribution is 2.11. The van der Waals surface area contributed by atoms with Gasteiger partial charge in [0, 0.05) is 19.8 Å². The van der Waals surface area contributed by atoms with E-state index < -0.39 is 0 Å². The van der Waals surface area contributed by atoms with Crippen LogP contribution in [0.2, 0.25) is 0 Å². The SMILES string of the molecule is CCc1cc(Cn2c(CNCC(C)C)cnc2C)n(C)n1. The average Bonchev–Trinajstić information content (AvgIpc) is 2.96. The molecule has 2 heterocycles. The monoisotopic (exact) mass is 289 g/mol. The van der Waals surface area contributed by atoms with Crippen molar-refractivity contribution in [3.63, 3.8) is 0 Å². The predicted molar refractivity (Wildman–Crippen MR) is 85.2 cm³/mol. The van der Waals surface area contributed by atoms with Crippen molar-refractivity contribution in [2.75, 3.05) is 6.54 Å². The minimum absolute atomic E-state index is 0.659. The summed E-state index contributed by atoms with van der Waals surface area (Å²) in [5.74, 6) is 1.71. The Bertz CT molecular complexity index is 580. The van der Waals surface area contributed by atoms with Gasteiger partial charge in [0.25, 0.3) is 0 Å². The number of aryl methyl sites for hydroxylation is 3. The number of rotatable bonds is 7. The minimum Gasteiger partial charge on any atom is -0.325 e. The molecule has 5 heteroatoms. The van der Waals surface area contributed by atoms with Gasteiger partial charge >= 0.3 is 0 Å². The molecular formula is C16H27N5. The van der Waals surface area contributed by atoms with Crippen LogP contribution in [0.25, 0.3) is 0 Å². The molecule has 116 valence electrons. The van der Waals surface area contributed by atoms with Crippen molar-refractivity contribution in [3.8, 4) is 0 Å². The zero-order valence-corrected chi connectivity index (χ0v) is 13.8. The lowest BCUT2D eigenvalue weighted by Gasteiger charge is -2.12. The van der Waals surface area contributed by atoms with Gasteiger partial charge < -0.3 is 9.88 Å². The third-order valence-electron chi connectivity index (χ3n) is 3.71. The number of aromatic nitrogens is 4. The molecule has 0 aliphatic rings. The van der Waals surface area contributed by atoms with Crippen molar-refractivity contribution in [1.82, 2.24) is 24.6 Å². The van der Waals surface area contributed by atoms with Crippen molar-refractivity contribution >= 4 is 0 Å². The van der Waals surface area contributed by atoms with Gasteiger partial charge in [-0.15, -0.1) is 0 Å². The minimum atomic E-state index is 0.659. The molecule has 2 rings (SSSR count). The van der Waals surface area contributed by atoms with Gasteiger partial charge in [-0.1, -0.05) is 20.8 Å². The quantitative estimate of drug-likeness (QED) is 0.850. The highest BCUT2D eigenvalue weighted by atomic mass is 15.3. The fourth-order valence-corrected chi connectivity index (χ4v) is 2.42. The van der Waals surface area contributed by atoms with Crippen molar-refractivity contribution in [3.05, 3.63) is 35.2 Å². The average molecular weight is 289 g/mol. The van der Waals surface area contributed by atoms with Crippen LogP contribution in [0, 0.1) is 12.8 Å². The molecule has 0 bridgehead atoms. The molecule has 0 amide bonds. The van der Waals surface area contributed by atoms with Gasteiger partial charge in [0.05, 0.1) is 23.6 Å². The van der Waals surface area contributed by atoms with Crippen molar-refractivity contribution < 1.29 is 0 Å². The fourth-order valence-electron chi connectivity index (χ4n) is 2.42. The summed E-state index contributed by atoms with van der Waals surface area (Å²) in [6.07, 6.45) is 2.94. The summed E-state index contributed by atoms with van der Waals surface area (Å²) < 4.78 is 4.24. The Morgan fingerprint density at radius 1 is 1.29 bits per heavy atom. The smallest absolute Gasteiger partial charge is 0.106 e. The lowest BCUT2D eigenvalue weighted by atomic mass is 10.2. The van der Waals surface area contributed by atoms with Gasteiger partial charge in [0.1, 0.15) is 5.82 Å². The summed E-state index contributed by atoms with van der Waals surface area (Å²) in [4.78, 5) is 4.46. The first-order chi connectivity index (χ1) is 10.0. The van der Waals surface area contributed by atoms with Crippen molar-refractivity contribution in [1.29, 1.82) is 0 Å². The van der Waals surface area contributed by atoms with Crippen molar-refractivity contribution in [2.24, 2.45) is 13.0 Å². The van der Waals surface area contributed by atoms with Crippen LogP contribution in [-0.4, -0.2) is 25.9 Å². The van der Waals surface area contributed by atoms with E-state index in [0.717, 1.165) is 37.6 Å². The third-order valence-corrected chi connectivity index (χ3v) is 3.71. The summed E-state index contributed by atoms with van der Waals surface area (Å²) in [5, 5.41) is 8.01. The Hall–Kier alpha value is -1.62. The summed E-state index contributed by atoms with van der Waals surface area (Å²) in [7, 11) is 2.01.